The fourth-order valence-electron chi connectivity index (χ4n) is 1.75. The molecule has 0 atom stereocenters. The van der Waals surface area contributed by atoms with Gasteiger partial charge in [-0.1, -0.05) is 12.1 Å². The van der Waals surface area contributed by atoms with Crippen molar-refractivity contribution in [2.75, 3.05) is 53.8 Å². The average molecular weight is 297 g/mol. The van der Waals surface area contributed by atoms with Crippen LogP contribution in [-0.2, 0) is 20.8 Å². The maximum Gasteiger partial charge on any atom is 0.119 e. The lowest BCUT2D eigenvalue weighted by Gasteiger charge is -2.08. The van der Waals surface area contributed by atoms with Gasteiger partial charge in [-0.05, 0) is 31.2 Å². The highest BCUT2D eigenvalue weighted by Crippen LogP contribution is 2.11. The second-order valence-electron chi connectivity index (χ2n) is 4.59. The molecule has 0 aliphatic heterocycles. The second-order valence-corrected chi connectivity index (χ2v) is 4.59. The van der Waals surface area contributed by atoms with E-state index in [9.17, 15) is 0 Å². The lowest BCUT2D eigenvalue weighted by molar-refractivity contribution is 0.0304. The van der Waals surface area contributed by atoms with E-state index in [0.29, 0.717) is 33.0 Å². The molecular formula is C16H27NO4. The SMILES string of the molecule is CNCc1ccc(OCCOCCOCCCOC)cc1. The van der Waals surface area contributed by atoms with Crippen molar-refractivity contribution in [1.82, 2.24) is 5.32 Å². The zero-order valence-corrected chi connectivity index (χ0v) is 13.1. The maximum atomic E-state index is 5.60. The number of nitrogens with one attached hydrogen (secondary N) is 1. The highest BCUT2D eigenvalue weighted by molar-refractivity contribution is 5.27. The van der Waals surface area contributed by atoms with Crippen molar-refractivity contribution in [1.29, 1.82) is 0 Å². The molecule has 0 aliphatic rings. The Labute approximate surface area is 127 Å². The van der Waals surface area contributed by atoms with Crippen LogP contribution in [0.5, 0.6) is 5.75 Å². The maximum absolute atomic E-state index is 5.60. The molecule has 0 heterocycles. The number of ether oxygens (including phenoxy) is 4. The highest BCUT2D eigenvalue weighted by atomic mass is 16.5. The molecule has 0 unspecified atom stereocenters. The second kappa shape index (κ2) is 12.6. The molecule has 0 amide bonds. The third kappa shape index (κ3) is 9.42. The van der Waals surface area contributed by atoms with Crippen LogP contribution in [0, 0.1) is 0 Å². The number of benzene rings is 1. The lowest BCUT2D eigenvalue weighted by atomic mass is 10.2. The summed E-state index contributed by atoms with van der Waals surface area (Å²) in [4.78, 5) is 0. The molecule has 0 saturated heterocycles. The van der Waals surface area contributed by atoms with Gasteiger partial charge in [-0.3, -0.25) is 0 Å². The summed E-state index contributed by atoms with van der Waals surface area (Å²) >= 11 is 0. The van der Waals surface area contributed by atoms with Crippen molar-refractivity contribution in [3.05, 3.63) is 29.8 Å². The first-order valence-electron chi connectivity index (χ1n) is 7.37. The van der Waals surface area contributed by atoms with Crippen LogP contribution in [0.15, 0.2) is 24.3 Å². The molecule has 5 heteroatoms. The predicted molar refractivity (Wildman–Crippen MR) is 82.8 cm³/mol. The van der Waals surface area contributed by atoms with Gasteiger partial charge >= 0.3 is 0 Å². The van der Waals surface area contributed by atoms with Gasteiger partial charge in [0.15, 0.2) is 0 Å². The van der Waals surface area contributed by atoms with Crippen molar-refractivity contribution in [2.24, 2.45) is 0 Å². The number of hydrogen-bond donors (Lipinski definition) is 1. The fraction of sp³-hybridized carbons (Fsp3) is 0.625. The summed E-state index contributed by atoms with van der Waals surface area (Å²) < 4.78 is 21.3. The molecular weight excluding hydrogens is 270 g/mol. The Morgan fingerprint density at radius 2 is 1.52 bits per heavy atom. The minimum atomic E-state index is 0.551. The molecule has 1 rings (SSSR count). The van der Waals surface area contributed by atoms with E-state index in [1.54, 1.807) is 7.11 Å². The fourth-order valence-corrected chi connectivity index (χ4v) is 1.75. The van der Waals surface area contributed by atoms with Crippen LogP contribution in [-0.4, -0.2) is 53.8 Å². The lowest BCUT2D eigenvalue weighted by Crippen LogP contribution is -2.11. The van der Waals surface area contributed by atoms with Gasteiger partial charge in [-0.2, -0.15) is 0 Å². The minimum Gasteiger partial charge on any atom is -0.491 e. The van der Waals surface area contributed by atoms with Gasteiger partial charge in [-0.15, -0.1) is 0 Å². The molecule has 1 N–H and O–H groups in total. The van der Waals surface area contributed by atoms with Crippen LogP contribution < -0.4 is 10.1 Å². The normalized spacial score (nSPS) is 10.8. The Morgan fingerprint density at radius 1 is 0.857 bits per heavy atom. The smallest absolute Gasteiger partial charge is 0.119 e. The van der Waals surface area contributed by atoms with Crippen LogP contribution in [0.3, 0.4) is 0 Å². The summed E-state index contributed by atoms with van der Waals surface area (Å²) in [6.07, 6.45) is 0.920. The quantitative estimate of drug-likeness (QED) is 0.563. The van der Waals surface area contributed by atoms with Crippen molar-refractivity contribution in [3.8, 4) is 5.75 Å². The van der Waals surface area contributed by atoms with E-state index in [1.165, 1.54) is 5.56 Å². The largest absolute Gasteiger partial charge is 0.491 e. The summed E-state index contributed by atoms with van der Waals surface area (Å²) in [5, 5.41) is 3.11. The molecule has 0 fully saturated rings. The van der Waals surface area contributed by atoms with E-state index < -0.39 is 0 Å². The molecule has 21 heavy (non-hydrogen) atoms. The van der Waals surface area contributed by atoms with E-state index >= 15 is 0 Å². The van der Waals surface area contributed by atoms with Gasteiger partial charge in [0.25, 0.3) is 0 Å². The van der Waals surface area contributed by atoms with Crippen LogP contribution in [0.4, 0.5) is 0 Å². The zero-order valence-electron chi connectivity index (χ0n) is 13.1. The topological polar surface area (TPSA) is 49.0 Å². The molecule has 120 valence electrons. The Hall–Kier alpha value is -1.14. The Bertz CT molecular complexity index is 343. The molecule has 5 nitrogen and oxygen atoms in total. The van der Waals surface area contributed by atoms with E-state index in [2.05, 4.69) is 17.4 Å². The molecule has 0 radical (unpaired) electrons. The molecule has 1 aromatic carbocycles. The van der Waals surface area contributed by atoms with Crippen LogP contribution in [0.25, 0.3) is 0 Å². The van der Waals surface area contributed by atoms with Crippen molar-refractivity contribution in [3.63, 3.8) is 0 Å². The summed E-state index contributed by atoms with van der Waals surface area (Å²) in [6.45, 7) is 4.65. The van der Waals surface area contributed by atoms with E-state index in [-0.39, 0.29) is 0 Å². The molecule has 0 aliphatic carbocycles. The summed E-state index contributed by atoms with van der Waals surface area (Å²) in [6, 6.07) is 8.07. The molecule has 0 spiro atoms. The minimum absolute atomic E-state index is 0.551. The standard InChI is InChI=1S/C16H27NO4/c1-17-14-15-4-6-16(7-5-15)21-13-12-20-11-10-19-9-3-8-18-2/h4-7,17H,3,8-14H2,1-2H3. The molecule has 0 aromatic heterocycles. The van der Waals surface area contributed by atoms with Crippen molar-refractivity contribution >= 4 is 0 Å². The Morgan fingerprint density at radius 3 is 2.19 bits per heavy atom. The summed E-state index contributed by atoms with van der Waals surface area (Å²) in [7, 11) is 3.63. The summed E-state index contributed by atoms with van der Waals surface area (Å²) in [5.74, 6) is 0.870. The molecule has 1 aromatic rings. The number of methoxy groups -OCH3 is 1. The highest BCUT2D eigenvalue weighted by Gasteiger charge is 1.96. The molecule has 0 saturated carbocycles. The van der Waals surface area contributed by atoms with E-state index in [4.69, 9.17) is 18.9 Å². The van der Waals surface area contributed by atoms with Gasteiger partial charge in [-0.25, -0.2) is 0 Å². The van der Waals surface area contributed by atoms with Gasteiger partial charge in [0.05, 0.1) is 19.8 Å². The zero-order chi connectivity index (χ0) is 15.2. The van der Waals surface area contributed by atoms with Gasteiger partial charge in [0.2, 0.25) is 0 Å². The van der Waals surface area contributed by atoms with Gasteiger partial charge in [0.1, 0.15) is 12.4 Å². The van der Waals surface area contributed by atoms with Crippen LogP contribution in [0.2, 0.25) is 0 Å². The van der Waals surface area contributed by atoms with Gasteiger partial charge < -0.3 is 24.3 Å². The van der Waals surface area contributed by atoms with E-state index in [0.717, 1.165) is 25.3 Å². The van der Waals surface area contributed by atoms with Crippen molar-refractivity contribution < 1.29 is 18.9 Å². The first kappa shape index (κ1) is 17.9. The first-order chi connectivity index (χ1) is 10.4. The van der Waals surface area contributed by atoms with Crippen molar-refractivity contribution in [2.45, 2.75) is 13.0 Å². The third-order valence-corrected chi connectivity index (χ3v) is 2.81. The monoisotopic (exact) mass is 297 g/mol. The Balaban J connectivity index is 1.94. The van der Waals surface area contributed by atoms with E-state index in [1.807, 2.05) is 19.2 Å². The third-order valence-electron chi connectivity index (χ3n) is 2.81. The van der Waals surface area contributed by atoms with Crippen LogP contribution in [0.1, 0.15) is 12.0 Å². The molecule has 0 bridgehead atoms. The Kier molecular flexibility index (Phi) is 10.7. The number of hydrogen-bond acceptors (Lipinski definition) is 5. The summed E-state index contributed by atoms with van der Waals surface area (Å²) in [5.41, 5.74) is 1.24. The van der Waals surface area contributed by atoms with Crippen LogP contribution >= 0.6 is 0 Å². The number of rotatable bonds is 13. The predicted octanol–water partition coefficient (Wildman–Crippen LogP) is 1.85. The van der Waals surface area contributed by atoms with Gasteiger partial charge in [0, 0.05) is 26.9 Å². The first-order valence-corrected chi connectivity index (χ1v) is 7.37. The average Bonchev–Trinajstić information content (AvgIpc) is 2.51.